The summed E-state index contributed by atoms with van der Waals surface area (Å²) in [5.74, 6) is -1.03. The lowest BCUT2D eigenvalue weighted by Crippen LogP contribution is -2.54. The van der Waals surface area contributed by atoms with Crippen molar-refractivity contribution < 1.29 is 23.1 Å². The molecule has 2 atom stereocenters. The van der Waals surface area contributed by atoms with E-state index in [1.807, 2.05) is 18.2 Å². The van der Waals surface area contributed by atoms with Gasteiger partial charge in [0, 0.05) is 29.6 Å². The molecule has 3 aliphatic rings. The number of hydrogen-bond donors (Lipinski definition) is 0. The van der Waals surface area contributed by atoms with E-state index in [1.165, 1.54) is 12.1 Å². The average Bonchev–Trinajstić information content (AvgIpc) is 3.42. The zero-order chi connectivity index (χ0) is 25.4. The number of carbonyl (C=O) groups excluding carboxylic acids is 1. The molecular formula is C29H38FNO4Si. The van der Waals surface area contributed by atoms with E-state index >= 15 is 0 Å². The number of carbonyl (C=O) groups is 1. The van der Waals surface area contributed by atoms with Crippen molar-refractivity contribution in [2.45, 2.75) is 81.6 Å². The largest absolute Gasteiger partial charge is 0.408 e. The number of halogens is 1. The number of aldehydes is 1. The molecule has 3 saturated heterocycles. The van der Waals surface area contributed by atoms with Gasteiger partial charge in [0.1, 0.15) is 12.1 Å². The van der Waals surface area contributed by atoms with Crippen LogP contribution in [-0.2, 0) is 25.3 Å². The van der Waals surface area contributed by atoms with E-state index in [4.69, 9.17) is 13.9 Å². The van der Waals surface area contributed by atoms with E-state index in [1.54, 1.807) is 12.1 Å². The van der Waals surface area contributed by atoms with E-state index in [0.29, 0.717) is 25.3 Å². The van der Waals surface area contributed by atoms with Crippen LogP contribution in [0.2, 0.25) is 19.6 Å². The molecule has 0 N–H and O–H groups in total. The lowest BCUT2D eigenvalue weighted by molar-refractivity contribution is -0.172. The van der Waals surface area contributed by atoms with Gasteiger partial charge in [-0.2, -0.15) is 0 Å². The fourth-order valence-electron chi connectivity index (χ4n) is 6.73. The number of piperidine rings is 1. The van der Waals surface area contributed by atoms with Gasteiger partial charge in [0.25, 0.3) is 0 Å². The summed E-state index contributed by atoms with van der Waals surface area (Å²) in [7, 11) is -1.88. The molecule has 2 bridgehead atoms. The van der Waals surface area contributed by atoms with Gasteiger partial charge in [-0.3, -0.25) is 9.69 Å². The number of fused-ring (bicyclic) bond motifs is 2. The molecule has 36 heavy (non-hydrogen) atoms. The lowest BCUT2D eigenvalue weighted by Gasteiger charge is -2.50. The Morgan fingerprint density at radius 3 is 2.28 bits per heavy atom. The van der Waals surface area contributed by atoms with E-state index in [-0.39, 0.29) is 5.82 Å². The maximum atomic E-state index is 13.5. The normalized spacial score (nSPS) is 27.9. The summed E-state index contributed by atoms with van der Waals surface area (Å²) < 4.78 is 32.7. The molecule has 0 saturated carbocycles. The minimum Gasteiger partial charge on any atom is -0.408 e. The monoisotopic (exact) mass is 511 g/mol. The minimum absolute atomic E-state index is 0.253. The molecule has 3 fully saturated rings. The summed E-state index contributed by atoms with van der Waals surface area (Å²) >= 11 is 0. The molecule has 2 unspecified atom stereocenters. The molecule has 0 aliphatic carbocycles. The van der Waals surface area contributed by atoms with Crippen molar-refractivity contribution in [1.82, 2.24) is 4.90 Å². The summed E-state index contributed by atoms with van der Waals surface area (Å²) in [6.45, 7) is 8.79. The summed E-state index contributed by atoms with van der Waals surface area (Å²) in [4.78, 5) is 14.6. The molecule has 0 radical (unpaired) electrons. The standard InChI is InChI=1S/C29H38FNO4Si/c1-36(2,3)35-28(27-8-5-4-7-22(27)21-32)19-25-13-14-26(20-28)31(25)16-6-15-29(33-17-18-34-29)23-9-11-24(30)12-10-23/h4-5,7-12,21,25-26H,6,13-20H2,1-3H3. The van der Waals surface area contributed by atoms with Crippen molar-refractivity contribution in [3.8, 4) is 0 Å². The van der Waals surface area contributed by atoms with Crippen molar-refractivity contribution in [2.24, 2.45) is 0 Å². The first-order valence-electron chi connectivity index (χ1n) is 13.3. The smallest absolute Gasteiger partial charge is 0.195 e. The number of benzene rings is 2. The lowest BCUT2D eigenvalue weighted by atomic mass is 9.78. The van der Waals surface area contributed by atoms with Gasteiger partial charge in [-0.25, -0.2) is 4.39 Å². The first-order valence-corrected chi connectivity index (χ1v) is 16.7. The number of rotatable bonds is 9. The highest BCUT2D eigenvalue weighted by Crippen LogP contribution is 2.50. The fourth-order valence-corrected chi connectivity index (χ4v) is 8.18. The van der Waals surface area contributed by atoms with Gasteiger partial charge in [-0.1, -0.05) is 36.4 Å². The third-order valence-electron chi connectivity index (χ3n) is 7.94. The number of hydrogen-bond acceptors (Lipinski definition) is 5. The predicted octanol–water partition coefficient (Wildman–Crippen LogP) is 5.99. The fraction of sp³-hybridized carbons (Fsp3) is 0.552. The highest BCUT2D eigenvalue weighted by Gasteiger charge is 2.52. The maximum absolute atomic E-state index is 13.5. The first kappa shape index (κ1) is 25.7. The number of ether oxygens (including phenoxy) is 2. The van der Waals surface area contributed by atoms with Crippen molar-refractivity contribution in [2.75, 3.05) is 19.8 Å². The predicted molar refractivity (Wildman–Crippen MR) is 140 cm³/mol. The second kappa shape index (κ2) is 10.1. The Labute approximate surface area is 215 Å². The van der Waals surface area contributed by atoms with Crippen molar-refractivity contribution in [1.29, 1.82) is 0 Å². The Bertz CT molecular complexity index is 1050. The minimum atomic E-state index is -1.88. The maximum Gasteiger partial charge on any atom is 0.195 e. The van der Waals surface area contributed by atoms with Gasteiger partial charge in [0.05, 0.1) is 18.8 Å². The molecule has 0 amide bonds. The van der Waals surface area contributed by atoms with Crippen LogP contribution in [0.3, 0.4) is 0 Å². The van der Waals surface area contributed by atoms with E-state index in [2.05, 4.69) is 30.6 Å². The molecular weight excluding hydrogens is 473 g/mol. The molecule has 2 aromatic carbocycles. The molecule has 5 rings (SSSR count). The Morgan fingerprint density at radius 1 is 1.03 bits per heavy atom. The zero-order valence-electron chi connectivity index (χ0n) is 21.7. The Hall–Kier alpha value is -1.90. The second-order valence-corrected chi connectivity index (χ2v) is 15.9. The van der Waals surface area contributed by atoms with Crippen LogP contribution in [0.5, 0.6) is 0 Å². The molecule has 7 heteroatoms. The quantitative estimate of drug-likeness (QED) is 0.306. The Balaban J connectivity index is 1.32. The van der Waals surface area contributed by atoms with Crippen LogP contribution in [-0.4, -0.2) is 51.3 Å². The molecule has 3 aliphatic heterocycles. The average molecular weight is 512 g/mol. The van der Waals surface area contributed by atoms with Gasteiger partial charge in [-0.15, -0.1) is 0 Å². The van der Waals surface area contributed by atoms with Gasteiger partial charge in [-0.05, 0) is 76.0 Å². The first-order chi connectivity index (χ1) is 17.2. The van der Waals surface area contributed by atoms with E-state index < -0.39 is 19.7 Å². The Kier molecular flexibility index (Phi) is 7.22. The molecule has 5 nitrogen and oxygen atoms in total. The molecule has 2 aromatic rings. The number of nitrogens with zero attached hydrogens (tertiary/aromatic N) is 1. The molecule has 3 heterocycles. The zero-order valence-corrected chi connectivity index (χ0v) is 22.7. The van der Waals surface area contributed by atoms with E-state index in [0.717, 1.165) is 68.0 Å². The molecule has 0 spiro atoms. The molecule has 0 aromatic heterocycles. The summed E-state index contributed by atoms with van der Waals surface area (Å²) in [6.07, 6.45) is 6.77. The van der Waals surface area contributed by atoms with E-state index in [9.17, 15) is 9.18 Å². The molecule has 194 valence electrons. The van der Waals surface area contributed by atoms with Crippen LogP contribution < -0.4 is 0 Å². The van der Waals surface area contributed by atoms with Crippen molar-refractivity contribution >= 4 is 14.6 Å². The second-order valence-electron chi connectivity index (χ2n) is 11.5. The van der Waals surface area contributed by atoms with Crippen LogP contribution in [0.15, 0.2) is 48.5 Å². The summed E-state index contributed by atoms with van der Waals surface area (Å²) in [5, 5.41) is 0. The van der Waals surface area contributed by atoms with Crippen molar-refractivity contribution in [3.05, 3.63) is 71.0 Å². The summed E-state index contributed by atoms with van der Waals surface area (Å²) in [6, 6.07) is 15.3. The van der Waals surface area contributed by atoms with Gasteiger partial charge < -0.3 is 13.9 Å². The van der Waals surface area contributed by atoms with Crippen LogP contribution in [0, 0.1) is 5.82 Å². The van der Waals surface area contributed by atoms with Crippen LogP contribution >= 0.6 is 0 Å². The SMILES string of the molecule is C[Si](C)(C)OC1(c2ccccc2C=O)CC2CCC(C1)N2CCCC1(c2ccc(F)cc2)OCCO1. The van der Waals surface area contributed by atoms with Crippen LogP contribution in [0.25, 0.3) is 0 Å². The highest BCUT2D eigenvalue weighted by atomic mass is 28.4. The van der Waals surface area contributed by atoms with Crippen molar-refractivity contribution in [3.63, 3.8) is 0 Å². The van der Waals surface area contributed by atoms with Gasteiger partial charge in [0.2, 0.25) is 0 Å². The third-order valence-corrected chi connectivity index (χ3v) is 8.95. The van der Waals surface area contributed by atoms with Crippen LogP contribution in [0.1, 0.15) is 60.0 Å². The van der Waals surface area contributed by atoms with Gasteiger partial charge >= 0.3 is 0 Å². The third kappa shape index (κ3) is 5.09. The summed E-state index contributed by atoms with van der Waals surface area (Å²) in [5.41, 5.74) is 2.29. The Morgan fingerprint density at radius 2 is 1.67 bits per heavy atom. The highest BCUT2D eigenvalue weighted by molar-refractivity contribution is 6.69. The topological polar surface area (TPSA) is 48.0 Å². The van der Waals surface area contributed by atoms with Gasteiger partial charge in [0.15, 0.2) is 14.1 Å². The van der Waals surface area contributed by atoms with Crippen LogP contribution in [0.4, 0.5) is 4.39 Å².